The van der Waals surface area contributed by atoms with Gasteiger partial charge in [0.2, 0.25) is 0 Å². The standard InChI is InChI=1S/C21H18N2O2/c1-3-13-8-9-18-15(10-13)17(12-22-18)20-11-16(21(24)25-2)14-6-4-5-7-19(14)23-20/h4-12,22H,3H2,1-2H3. The lowest BCUT2D eigenvalue weighted by atomic mass is 10.0. The number of carbonyl (C=O) groups excluding carboxylic acids is 1. The van der Waals surface area contributed by atoms with E-state index in [2.05, 4.69) is 30.1 Å². The summed E-state index contributed by atoms with van der Waals surface area (Å²) in [4.78, 5) is 20.3. The van der Waals surface area contributed by atoms with Gasteiger partial charge in [0.05, 0.1) is 23.9 Å². The summed E-state index contributed by atoms with van der Waals surface area (Å²) < 4.78 is 4.97. The molecule has 1 N–H and O–H groups in total. The molecule has 4 aromatic rings. The van der Waals surface area contributed by atoms with Crippen molar-refractivity contribution in [1.82, 2.24) is 9.97 Å². The molecular formula is C21H18N2O2. The van der Waals surface area contributed by atoms with Gasteiger partial charge in [0.25, 0.3) is 0 Å². The Morgan fingerprint density at radius 1 is 1.12 bits per heavy atom. The predicted molar refractivity (Wildman–Crippen MR) is 99.8 cm³/mol. The average molecular weight is 330 g/mol. The Morgan fingerprint density at radius 3 is 2.76 bits per heavy atom. The zero-order valence-corrected chi connectivity index (χ0v) is 14.2. The zero-order valence-electron chi connectivity index (χ0n) is 14.2. The van der Waals surface area contributed by atoms with Crippen molar-refractivity contribution in [2.45, 2.75) is 13.3 Å². The van der Waals surface area contributed by atoms with E-state index in [9.17, 15) is 4.79 Å². The highest BCUT2D eigenvalue weighted by atomic mass is 16.5. The van der Waals surface area contributed by atoms with Gasteiger partial charge in [0.15, 0.2) is 0 Å². The van der Waals surface area contributed by atoms with Crippen LogP contribution in [0.4, 0.5) is 0 Å². The van der Waals surface area contributed by atoms with Gasteiger partial charge >= 0.3 is 5.97 Å². The van der Waals surface area contributed by atoms with Crippen LogP contribution in [-0.4, -0.2) is 23.0 Å². The Bertz CT molecular complexity index is 1100. The highest BCUT2D eigenvalue weighted by molar-refractivity contribution is 6.06. The number of para-hydroxylation sites is 1. The molecule has 0 saturated carbocycles. The Kier molecular flexibility index (Phi) is 3.73. The number of pyridine rings is 1. The topological polar surface area (TPSA) is 55.0 Å². The summed E-state index contributed by atoms with van der Waals surface area (Å²) in [6.07, 6.45) is 2.92. The molecule has 4 nitrogen and oxygen atoms in total. The highest BCUT2D eigenvalue weighted by Gasteiger charge is 2.16. The molecule has 0 spiro atoms. The van der Waals surface area contributed by atoms with E-state index in [0.29, 0.717) is 5.56 Å². The van der Waals surface area contributed by atoms with Crippen LogP contribution in [0.5, 0.6) is 0 Å². The first kappa shape index (κ1) is 15.4. The molecule has 2 aromatic heterocycles. The zero-order chi connectivity index (χ0) is 17.4. The minimum absolute atomic E-state index is 0.353. The minimum Gasteiger partial charge on any atom is -0.465 e. The third-order valence-corrected chi connectivity index (χ3v) is 4.55. The lowest BCUT2D eigenvalue weighted by Gasteiger charge is -2.08. The number of aromatic nitrogens is 2. The lowest BCUT2D eigenvalue weighted by Crippen LogP contribution is -2.03. The summed E-state index contributed by atoms with van der Waals surface area (Å²) >= 11 is 0. The van der Waals surface area contributed by atoms with Crippen molar-refractivity contribution in [3.05, 3.63) is 65.9 Å². The van der Waals surface area contributed by atoms with Crippen molar-refractivity contribution < 1.29 is 9.53 Å². The van der Waals surface area contributed by atoms with Gasteiger partial charge in [-0.1, -0.05) is 31.2 Å². The molecule has 0 fully saturated rings. The second kappa shape index (κ2) is 6.06. The Balaban J connectivity index is 2.00. The van der Waals surface area contributed by atoms with Crippen LogP contribution >= 0.6 is 0 Å². The first-order chi connectivity index (χ1) is 12.2. The molecule has 0 bridgehead atoms. The van der Waals surface area contributed by atoms with E-state index in [1.54, 1.807) is 0 Å². The second-order valence-electron chi connectivity index (χ2n) is 6.00. The van der Waals surface area contributed by atoms with Crippen LogP contribution in [0.3, 0.4) is 0 Å². The summed E-state index contributed by atoms with van der Waals surface area (Å²) in [5.74, 6) is -0.353. The summed E-state index contributed by atoms with van der Waals surface area (Å²) in [5, 5.41) is 1.91. The molecule has 124 valence electrons. The van der Waals surface area contributed by atoms with Crippen LogP contribution in [-0.2, 0) is 11.2 Å². The molecule has 0 radical (unpaired) electrons. The SMILES string of the molecule is CCc1ccc2[nH]cc(-c3cc(C(=O)OC)c4ccccc4n3)c2c1. The third kappa shape index (κ3) is 2.56. The van der Waals surface area contributed by atoms with E-state index in [1.165, 1.54) is 12.7 Å². The largest absolute Gasteiger partial charge is 0.465 e. The fourth-order valence-corrected chi connectivity index (χ4v) is 3.19. The first-order valence-corrected chi connectivity index (χ1v) is 8.29. The maximum absolute atomic E-state index is 12.3. The van der Waals surface area contributed by atoms with Gasteiger partial charge in [-0.2, -0.15) is 0 Å². The fourth-order valence-electron chi connectivity index (χ4n) is 3.19. The number of hydrogen-bond donors (Lipinski definition) is 1. The van der Waals surface area contributed by atoms with Crippen molar-refractivity contribution in [3.63, 3.8) is 0 Å². The summed E-state index contributed by atoms with van der Waals surface area (Å²) in [5.41, 5.74) is 5.38. The van der Waals surface area contributed by atoms with Gasteiger partial charge in [-0.15, -0.1) is 0 Å². The minimum atomic E-state index is -0.353. The van der Waals surface area contributed by atoms with Gasteiger partial charge < -0.3 is 9.72 Å². The Hall–Kier alpha value is -3.14. The van der Waals surface area contributed by atoms with Crippen molar-refractivity contribution in [2.75, 3.05) is 7.11 Å². The van der Waals surface area contributed by atoms with E-state index >= 15 is 0 Å². The summed E-state index contributed by atoms with van der Waals surface area (Å²) in [7, 11) is 1.40. The molecule has 0 aliphatic rings. The number of methoxy groups -OCH3 is 1. The first-order valence-electron chi connectivity index (χ1n) is 8.29. The smallest absolute Gasteiger partial charge is 0.338 e. The van der Waals surface area contributed by atoms with Crippen LogP contribution in [0.1, 0.15) is 22.8 Å². The van der Waals surface area contributed by atoms with Gasteiger partial charge in [0, 0.05) is 28.0 Å². The molecule has 2 heterocycles. The van der Waals surface area contributed by atoms with Crippen molar-refractivity contribution in [3.8, 4) is 11.3 Å². The van der Waals surface area contributed by atoms with Crippen molar-refractivity contribution in [2.24, 2.45) is 0 Å². The van der Waals surface area contributed by atoms with E-state index in [1.807, 2.05) is 36.5 Å². The third-order valence-electron chi connectivity index (χ3n) is 4.55. The van der Waals surface area contributed by atoms with Crippen molar-refractivity contribution in [1.29, 1.82) is 0 Å². The van der Waals surface area contributed by atoms with Crippen LogP contribution in [0.2, 0.25) is 0 Å². The summed E-state index contributed by atoms with van der Waals surface area (Å²) in [6, 6.07) is 15.8. The number of ether oxygens (including phenoxy) is 1. The maximum Gasteiger partial charge on any atom is 0.338 e. The number of fused-ring (bicyclic) bond motifs is 2. The lowest BCUT2D eigenvalue weighted by molar-refractivity contribution is 0.0603. The fraction of sp³-hybridized carbons (Fsp3) is 0.143. The van der Waals surface area contributed by atoms with Crippen LogP contribution in [0, 0.1) is 0 Å². The van der Waals surface area contributed by atoms with Crippen LogP contribution in [0.25, 0.3) is 33.1 Å². The Morgan fingerprint density at radius 2 is 1.96 bits per heavy atom. The van der Waals surface area contributed by atoms with Crippen LogP contribution < -0.4 is 0 Å². The van der Waals surface area contributed by atoms with Gasteiger partial charge in [-0.3, -0.25) is 0 Å². The molecular weight excluding hydrogens is 312 g/mol. The highest BCUT2D eigenvalue weighted by Crippen LogP contribution is 2.31. The van der Waals surface area contributed by atoms with Crippen LogP contribution in [0.15, 0.2) is 54.7 Å². The molecule has 2 aromatic carbocycles. The molecule has 0 atom stereocenters. The normalized spacial score (nSPS) is 11.1. The predicted octanol–water partition coefficient (Wildman–Crippen LogP) is 4.73. The number of aromatic amines is 1. The maximum atomic E-state index is 12.3. The molecule has 0 aliphatic heterocycles. The number of nitrogens with zero attached hydrogens (tertiary/aromatic N) is 1. The van der Waals surface area contributed by atoms with E-state index in [4.69, 9.17) is 9.72 Å². The van der Waals surface area contributed by atoms with E-state index in [-0.39, 0.29) is 5.97 Å². The molecule has 0 unspecified atom stereocenters. The number of rotatable bonds is 3. The number of H-pyrrole nitrogens is 1. The Labute approximate surface area is 145 Å². The number of nitrogens with one attached hydrogen (secondary N) is 1. The molecule has 0 amide bonds. The number of aryl methyl sites for hydroxylation is 1. The number of esters is 1. The molecule has 0 aliphatic carbocycles. The number of benzene rings is 2. The molecule has 4 rings (SSSR count). The van der Waals surface area contributed by atoms with Gasteiger partial charge in [-0.05, 0) is 36.2 Å². The summed E-state index contributed by atoms with van der Waals surface area (Å²) in [6.45, 7) is 2.14. The second-order valence-corrected chi connectivity index (χ2v) is 6.00. The quantitative estimate of drug-likeness (QED) is 0.552. The van der Waals surface area contributed by atoms with Crippen molar-refractivity contribution >= 4 is 27.8 Å². The number of carbonyl (C=O) groups is 1. The van der Waals surface area contributed by atoms with E-state index < -0.39 is 0 Å². The van der Waals surface area contributed by atoms with Gasteiger partial charge in [0.1, 0.15) is 0 Å². The monoisotopic (exact) mass is 330 g/mol. The average Bonchev–Trinajstić information content (AvgIpc) is 3.09. The van der Waals surface area contributed by atoms with E-state index in [0.717, 1.165) is 39.5 Å². The molecule has 25 heavy (non-hydrogen) atoms. The van der Waals surface area contributed by atoms with Gasteiger partial charge in [-0.25, -0.2) is 9.78 Å². The number of hydrogen-bond acceptors (Lipinski definition) is 3. The molecule has 0 saturated heterocycles. The molecule has 4 heteroatoms.